The first-order valence-corrected chi connectivity index (χ1v) is 11.8. The number of halogens is 2. The van der Waals surface area contributed by atoms with E-state index in [9.17, 15) is 4.79 Å². The monoisotopic (exact) mass is 573 g/mol. The highest BCUT2D eigenvalue weighted by Crippen LogP contribution is 2.31. The van der Waals surface area contributed by atoms with Gasteiger partial charge < -0.3 is 14.2 Å². The fraction of sp³-hybridized carbons (Fsp3) is 0.154. The van der Waals surface area contributed by atoms with E-state index in [4.69, 9.17) is 25.8 Å². The lowest BCUT2D eigenvalue weighted by Crippen LogP contribution is -2.05. The van der Waals surface area contributed by atoms with Crippen molar-refractivity contribution < 1.29 is 19.0 Å². The zero-order valence-corrected chi connectivity index (χ0v) is 21.0. The minimum atomic E-state index is -0.486. The highest BCUT2D eigenvalue weighted by atomic mass is 127. The Hall–Kier alpha value is -2.84. The summed E-state index contributed by atoms with van der Waals surface area (Å²) >= 11 is 8.31. The van der Waals surface area contributed by atoms with Gasteiger partial charge in [-0.2, -0.15) is 0 Å². The maximum absolute atomic E-state index is 12.4. The fourth-order valence-electron chi connectivity index (χ4n) is 3.26. The third kappa shape index (κ3) is 5.75. The van der Waals surface area contributed by atoms with E-state index in [1.165, 1.54) is 0 Å². The molecule has 5 nitrogen and oxygen atoms in total. The fourth-order valence-corrected chi connectivity index (χ4v) is 3.81. The van der Waals surface area contributed by atoms with Crippen molar-refractivity contribution in [3.8, 4) is 11.5 Å². The Bertz CT molecular complexity index is 1270. The van der Waals surface area contributed by atoms with E-state index in [1.807, 2.05) is 74.5 Å². The lowest BCUT2D eigenvalue weighted by molar-refractivity contribution is -0.129. The van der Waals surface area contributed by atoms with Gasteiger partial charge in [-0.3, -0.25) is 0 Å². The van der Waals surface area contributed by atoms with Gasteiger partial charge in [0.1, 0.15) is 6.61 Å². The van der Waals surface area contributed by atoms with Gasteiger partial charge in [0, 0.05) is 14.2 Å². The van der Waals surface area contributed by atoms with Crippen LogP contribution < -0.4 is 9.47 Å². The Morgan fingerprint density at radius 3 is 2.67 bits per heavy atom. The molecule has 0 saturated heterocycles. The molecule has 0 fully saturated rings. The SMILES string of the molecule is CCOc1cc(/C=C2\N=C(c3ccc(I)c(C)c3)OC2=O)ccc1OCc1cccc(Cl)c1. The van der Waals surface area contributed by atoms with Crippen molar-refractivity contribution >= 4 is 52.1 Å². The predicted molar refractivity (Wildman–Crippen MR) is 138 cm³/mol. The zero-order valence-electron chi connectivity index (χ0n) is 18.1. The molecule has 168 valence electrons. The van der Waals surface area contributed by atoms with Gasteiger partial charge in [-0.1, -0.05) is 29.8 Å². The van der Waals surface area contributed by atoms with Crippen LogP contribution in [0.1, 0.15) is 29.2 Å². The third-order valence-corrected chi connectivity index (χ3v) is 6.33. The van der Waals surface area contributed by atoms with E-state index in [-0.39, 0.29) is 5.70 Å². The number of nitrogens with zero attached hydrogens (tertiary/aromatic N) is 1. The van der Waals surface area contributed by atoms with Gasteiger partial charge in [0.25, 0.3) is 0 Å². The van der Waals surface area contributed by atoms with Crippen LogP contribution in [0.4, 0.5) is 0 Å². The van der Waals surface area contributed by atoms with E-state index < -0.39 is 5.97 Å². The van der Waals surface area contributed by atoms with Gasteiger partial charge in [0.15, 0.2) is 17.2 Å². The number of rotatable bonds is 7. The summed E-state index contributed by atoms with van der Waals surface area (Å²) in [5.41, 5.74) is 3.81. The van der Waals surface area contributed by atoms with Crippen molar-refractivity contribution in [1.29, 1.82) is 0 Å². The highest BCUT2D eigenvalue weighted by Gasteiger charge is 2.24. The van der Waals surface area contributed by atoms with E-state index in [0.29, 0.717) is 35.6 Å². The molecule has 1 aliphatic heterocycles. The standard InChI is InChI=1S/C26H21ClINO4/c1-3-31-24-14-17(7-10-23(24)32-15-18-5-4-6-20(27)12-18)13-22-26(30)33-25(29-22)19-8-9-21(28)16(2)11-19/h4-14H,3,15H2,1-2H3/b22-13-. The van der Waals surface area contributed by atoms with Crippen molar-refractivity contribution in [1.82, 2.24) is 0 Å². The molecule has 0 saturated carbocycles. The number of carbonyl (C=O) groups excluding carboxylic acids is 1. The largest absolute Gasteiger partial charge is 0.490 e. The average Bonchev–Trinajstić information content (AvgIpc) is 3.15. The Balaban J connectivity index is 1.56. The van der Waals surface area contributed by atoms with E-state index in [1.54, 1.807) is 6.08 Å². The van der Waals surface area contributed by atoms with Crippen molar-refractivity contribution in [3.05, 3.63) is 97.2 Å². The van der Waals surface area contributed by atoms with Gasteiger partial charge in [0.05, 0.1) is 6.61 Å². The Morgan fingerprint density at radius 2 is 1.91 bits per heavy atom. The molecule has 0 aromatic heterocycles. The number of esters is 1. The molecule has 0 radical (unpaired) electrons. The molecule has 7 heteroatoms. The Labute approximate surface area is 211 Å². The van der Waals surface area contributed by atoms with Crippen molar-refractivity contribution in [2.45, 2.75) is 20.5 Å². The molecule has 0 amide bonds. The molecule has 4 rings (SSSR count). The number of aliphatic imine (C=N–C) groups is 1. The van der Waals surface area contributed by atoms with Crippen LogP contribution in [0.15, 0.2) is 71.4 Å². The van der Waals surface area contributed by atoms with Crippen LogP contribution in [0.5, 0.6) is 11.5 Å². The van der Waals surface area contributed by atoms with E-state index >= 15 is 0 Å². The summed E-state index contributed by atoms with van der Waals surface area (Å²) in [6, 6.07) is 18.8. The van der Waals surface area contributed by atoms with Crippen molar-refractivity contribution in [2.75, 3.05) is 6.61 Å². The number of hydrogen-bond acceptors (Lipinski definition) is 5. The molecule has 33 heavy (non-hydrogen) atoms. The summed E-state index contributed by atoms with van der Waals surface area (Å²) in [6.07, 6.45) is 1.68. The maximum Gasteiger partial charge on any atom is 0.363 e. The molecule has 0 spiro atoms. The minimum absolute atomic E-state index is 0.233. The van der Waals surface area contributed by atoms with Gasteiger partial charge in [-0.15, -0.1) is 0 Å². The highest BCUT2D eigenvalue weighted by molar-refractivity contribution is 14.1. The number of hydrogen-bond donors (Lipinski definition) is 0. The molecule has 0 N–H and O–H groups in total. The van der Waals surface area contributed by atoms with Crippen LogP contribution in [0.3, 0.4) is 0 Å². The van der Waals surface area contributed by atoms with Crippen LogP contribution in [-0.2, 0) is 16.1 Å². The van der Waals surface area contributed by atoms with Crippen LogP contribution in [0.25, 0.3) is 6.08 Å². The quantitative estimate of drug-likeness (QED) is 0.182. The first-order chi connectivity index (χ1) is 15.9. The number of carbonyl (C=O) groups is 1. The van der Waals surface area contributed by atoms with E-state index in [2.05, 4.69) is 27.6 Å². The molecule has 1 heterocycles. The van der Waals surface area contributed by atoms with Crippen LogP contribution >= 0.6 is 34.2 Å². The lowest BCUT2D eigenvalue weighted by atomic mass is 10.1. The van der Waals surface area contributed by atoms with Gasteiger partial charge in [-0.25, -0.2) is 9.79 Å². The van der Waals surface area contributed by atoms with Gasteiger partial charge >= 0.3 is 5.97 Å². The number of ether oxygens (including phenoxy) is 3. The summed E-state index contributed by atoms with van der Waals surface area (Å²) in [6.45, 7) is 4.74. The topological polar surface area (TPSA) is 57.1 Å². The Morgan fingerprint density at radius 1 is 1.06 bits per heavy atom. The second-order valence-electron chi connectivity index (χ2n) is 7.36. The summed E-state index contributed by atoms with van der Waals surface area (Å²) in [5.74, 6) is 1.00. The molecule has 0 aliphatic carbocycles. The molecule has 3 aromatic rings. The molecular formula is C26H21ClINO4. The molecule has 0 unspecified atom stereocenters. The van der Waals surface area contributed by atoms with Crippen LogP contribution in [0, 0.1) is 10.5 Å². The predicted octanol–water partition coefficient (Wildman–Crippen LogP) is 6.58. The van der Waals surface area contributed by atoms with Gasteiger partial charge in [-0.05, 0) is 102 Å². The van der Waals surface area contributed by atoms with E-state index in [0.717, 1.165) is 25.8 Å². The van der Waals surface area contributed by atoms with Crippen LogP contribution in [0.2, 0.25) is 5.02 Å². The Kier molecular flexibility index (Phi) is 7.35. The second kappa shape index (κ2) is 10.4. The minimum Gasteiger partial charge on any atom is -0.490 e. The summed E-state index contributed by atoms with van der Waals surface area (Å²) in [4.78, 5) is 16.8. The summed E-state index contributed by atoms with van der Waals surface area (Å²) < 4.78 is 18.2. The first kappa shape index (κ1) is 23.3. The molecule has 0 bridgehead atoms. The third-order valence-electron chi connectivity index (χ3n) is 4.88. The number of cyclic esters (lactones) is 1. The molecular weight excluding hydrogens is 553 g/mol. The lowest BCUT2D eigenvalue weighted by Gasteiger charge is -2.13. The van der Waals surface area contributed by atoms with Crippen molar-refractivity contribution in [2.24, 2.45) is 4.99 Å². The second-order valence-corrected chi connectivity index (χ2v) is 8.96. The first-order valence-electron chi connectivity index (χ1n) is 10.4. The maximum atomic E-state index is 12.4. The van der Waals surface area contributed by atoms with Crippen molar-refractivity contribution in [3.63, 3.8) is 0 Å². The van der Waals surface area contributed by atoms with Crippen LogP contribution in [-0.4, -0.2) is 18.5 Å². The number of aryl methyl sites for hydroxylation is 1. The summed E-state index contributed by atoms with van der Waals surface area (Å²) in [5, 5.41) is 0.659. The normalized spacial score (nSPS) is 14.2. The molecule has 3 aromatic carbocycles. The van der Waals surface area contributed by atoms with Gasteiger partial charge in [0.2, 0.25) is 5.90 Å². The number of benzene rings is 3. The zero-order chi connectivity index (χ0) is 23.4. The smallest absolute Gasteiger partial charge is 0.363 e. The average molecular weight is 574 g/mol. The summed E-state index contributed by atoms with van der Waals surface area (Å²) in [7, 11) is 0. The molecule has 1 aliphatic rings. The molecule has 0 atom stereocenters.